The van der Waals surface area contributed by atoms with Gasteiger partial charge in [0.2, 0.25) is 0 Å². The van der Waals surface area contributed by atoms with E-state index in [1.54, 1.807) is 28.9 Å². The van der Waals surface area contributed by atoms with Gasteiger partial charge in [0, 0.05) is 0 Å². The second kappa shape index (κ2) is 5.66. The van der Waals surface area contributed by atoms with Gasteiger partial charge in [-0.3, -0.25) is 0 Å². The summed E-state index contributed by atoms with van der Waals surface area (Å²) in [7, 11) is 0. The molecule has 0 saturated heterocycles. The summed E-state index contributed by atoms with van der Waals surface area (Å²) >= 11 is -0.512. The van der Waals surface area contributed by atoms with E-state index in [1.165, 1.54) is 25.7 Å². The molecule has 2 aliphatic rings. The van der Waals surface area contributed by atoms with Crippen LogP contribution in [0.15, 0.2) is 41.0 Å². The number of hydrogen-bond acceptors (Lipinski definition) is 0. The summed E-state index contributed by atoms with van der Waals surface area (Å²) in [5, 5.41) is 0. The molecule has 0 unspecified atom stereocenters. The monoisotopic (exact) mass is 304 g/mol. The van der Waals surface area contributed by atoms with Crippen LogP contribution in [0.25, 0.3) is 0 Å². The van der Waals surface area contributed by atoms with Gasteiger partial charge in [-0.2, -0.15) is 0 Å². The van der Waals surface area contributed by atoms with Gasteiger partial charge in [-0.1, -0.05) is 0 Å². The van der Waals surface area contributed by atoms with Crippen LogP contribution in [0.2, 0.25) is 0 Å². The molecule has 0 aromatic heterocycles. The van der Waals surface area contributed by atoms with Gasteiger partial charge in [0.25, 0.3) is 0 Å². The van der Waals surface area contributed by atoms with E-state index in [9.17, 15) is 0 Å². The Hall–Kier alpha value is -0.157. The maximum atomic E-state index is 2.51. The van der Waals surface area contributed by atoms with E-state index in [0.717, 1.165) is 0 Å². The quantitative estimate of drug-likeness (QED) is 0.678. The molecular weight excluding hydrogens is 283 g/mol. The molecule has 2 rings (SSSR count). The van der Waals surface area contributed by atoms with Crippen molar-refractivity contribution in [2.45, 2.75) is 53.4 Å². The first-order valence-corrected chi connectivity index (χ1v) is 9.15. The zero-order chi connectivity index (χ0) is 12.4. The summed E-state index contributed by atoms with van der Waals surface area (Å²) in [6.07, 6.45) is 9.99. The van der Waals surface area contributed by atoms with Crippen LogP contribution in [0.3, 0.4) is 0 Å². The Balaban J connectivity index is 2.12. The Morgan fingerprint density at radius 3 is 1.59 bits per heavy atom. The molecule has 0 heterocycles. The van der Waals surface area contributed by atoms with E-state index in [1.807, 2.05) is 0 Å². The molecule has 90 valence electrons. The average molecular weight is 306 g/mol. The predicted octanol–water partition coefficient (Wildman–Crippen LogP) is 5.10. The molecule has 0 N–H and O–H groups in total. The van der Waals surface area contributed by atoms with Crippen LogP contribution in [0.1, 0.15) is 53.4 Å². The molecule has 2 aliphatic carbocycles. The molecule has 1 heteroatoms. The summed E-state index contributed by atoms with van der Waals surface area (Å²) in [5.41, 5.74) is 6.61. The molecule has 0 aromatic carbocycles. The predicted molar refractivity (Wildman–Crippen MR) is 71.4 cm³/mol. The van der Waals surface area contributed by atoms with Crippen LogP contribution < -0.4 is 0 Å². The Kier molecular flexibility index (Phi) is 4.42. The molecule has 0 aromatic rings. The third-order valence-corrected chi connectivity index (χ3v) is 7.91. The van der Waals surface area contributed by atoms with Crippen LogP contribution >= 0.6 is 0 Å². The van der Waals surface area contributed by atoms with Gasteiger partial charge in [-0.15, -0.1) is 0 Å². The minimum atomic E-state index is -0.512. The Morgan fingerprint density at radius 2 is 1.29 bits per heavy atom. The maximum absolute atomic E-state index is 2.51. The number of allylic oxidation sites excluding steroid dienone is 8. The molecule has 0 atom stereocenters. The normalized spacial score (nSPS) is 20.0. The number of hydrogen-bond donors (Lipinski definition) is 0. The third-order valence-electron chi connectivity index (χ3n) is 3.78. The van der Waals surface area contributed by atoms with Gasteiger partial charge in [0.1, 0.15) is 0 Å². The van der Waals surface area contributed by atoms with E-state index >= 15 is 0 Å². The standard InChI is InChI=1S/2C8H11.Zr/c2*1-3-8-5-4-7(2)6-8;/h2*5H,3,6H2,1-2H3;. The summed E-state index contributed by atoms with van der Waals surface area (Å²) < 4.78 is 3.49. The summed E-state index contributed by atoms with van der Waals surface area (Å²) in [5.74, 6) is 0. The third kappa shape index (κ3) is 2.99. The van der Waals surface area contributed by atoms with Gasteiger partial charge >= 0.3 is 118 Å². The topological polar surface area (TPSA) is 0 Å². The molecule has 17 heavy (non-hydrogen) atoms. The van der Waals surface area contributed by atoms with Gasteiger partial charge in [-0.05, 0) is 0 Å². The van der Waals surface area contributed by atoms with E-state index < -0.39 is 23.2 Å². The van der Waals surface area contributed by atoms with Crippen molar-refractivity contribution >= 4 is 0 Å². The van der Waals surface area contributed by atoms with Crippen molar-refractivity contribution in [3.8, 4) is 0 Å². The second-order valence-electron chi connectivity index (χ2n) is 5.18. The van der Waals surface area contributed by atoms with Crippen molar-refractivity contribution in [2.24, 2.45) is 0 Å². The Labute approximate surface area is 117 Å². The molecular formula is C16H22Zr. The van der Waals surface area contributed by atoms with E-state index in [4.69, 9.17) is 0 Å². The van der Waals surface area contributed by atoms with Crippen LogP contribution in [-0.4, -0.2) is 0 Å². The summed E-state index contributed by atoms with van der Waals surface area (Å²) in [4.78, 5) is 0. The molecule has 0 amide bonds. The van der Waals surface area contributed by atoms with Crippen molar-refractivity contribution < 1.29 is 23.2 Å². The summed E-state index contributed by atoms with van der Waals surface area (Å²) in [6, 6.07) is 0. The number of rotatable bonds is 4. The fraction of sp³-hybridized carbons (Fsp3) is 0.500. The van der Waals surface area contributed by atoms with Crippen molar-refractivity contribution in [3.63, 3.8) is 0 Å². The average Bonchev–Trinajstić information content (AvgIpc) is 2.84. The molecule has 0 bridgehead atoms. The van der Waals surface area contributed by atoms with Gasteiger partial charge in [-0.25, -0.2) is 0 Å². The first-order valence-electron chi connectivity index (χ1n) is 6.69. The summed E-state index contributed by atoms with van der Waals surface area (Å²) in [6.45, 7) is 9.24. The Bertz CT molecular complexity index is 402. The van der Waals surface area contributed by atoms with E-state index in [0.29, 0.717) is 0 Å². The Morgan fingerprint density at radius 1 is 0.882 bits per heavy atom. The van der Waals surface area contributed by atoms with Crippen molar-refractivity contribution in [1.82, 2.24) is 0 Å². The SMILES string of the molecule is CCC1=C[C]([Zr][C]2=C(C)CC(CC)=C2)=C(C)C1. The molecule has 0 saturated carbocycles. The molecule has 0 radical (unpaired) electrons. The van der Waals surface area contributed by atoms with Crippen LogP contribution in [-0.2, 0) is 23.2 Å². The van der Waals surface area contributed by atoms with Crippen LogP contribution in [0, 0.1) is 0 Å². The van der Waals surface area contributed by atoms with Crippen molar-refractivity contribution in [1.29, 1.82) is 0 Å². The molecule has 0 nitrogen and oxygen atoms in total. The first kappa shape index (κ1) is 13.3. The van der Waals surface area contributed by atoms with Gasteiger partial charge < -0.3 is 0 Å². The first-order chi connectivity index (χ1) is 8.13. The fourth-order valence-electron chi connectivity index (χ4n) is 2.51. The zero-order valence-corrected chi connectivity index (χ0v) is 13.9. The zero-order valence-electron chi connectivity index (χ0n) is 11.5. The minimum absolute atomic E-state index is 0.512. The fourth-order valence-corrected chi connectivity index (χ4v) is 6.07. The molecule has 0 fully saturated rings. The van der Waals surface area contributed by atoms with E-state index in [-0.39, 0.29) is 0 Å². The van der Waals surface area contributed by atoms with Crippen LogP contribution in [0.4, 0.5) is 0 Å². The molecule has 0 aliphatic heterocycles. The van der Waals surface area contributed by atoms with E-state index in [2.05, 4.69) is 39.8 Å². The molecule has 0 spiro atoms. The van der Waals surface area contributed by atoms with Gasteiger partial charge in [0.15, 0.2) is 0 Å². The van der Waals surface area contributed by atoms with Crippen molar-refractivity contribution in [2.75, 3.05) is 0 Å². The second-order valence-corrected chi connectivity index (χ2v) is 8.44. The van der Waals surface area contributed by atoms with Crippen LogP contribution in [0.5, 0.6) is 0 Å². The van der Waals surface area contributed by atoms with Crippen molar-refractivity contribution in [3.05, 3.63) is 41.0 Å². The van der Waals surface area contributed by atoms with Gasteiger partial charge in [0.05, 0.1) is 0 Å².